The minimum absolute atomic E-state index is 0.0292. The predicted molar refractivity (Wildman–Crippen MR) is 158 cm³/mol. The van der Waals surface area contributed by atoms with Gasteiger partial charge in [-0.25, -0.2) is 4.79 Å². The molecule has 3 aliphatic rings. The van der Waals surface area contributed by atoms with E-state index in [1.54, 1.807) is 37.0 Å². The first-order chi connectivity index (χ1) is 20.4. The number of aryl methyl sites for hydroxylation is 1. The van der Waals surface area contributed by atoms with Gasteiger partial charge in [0.15, 0.2) is 0 Å². The minimum Gasteiger partial charge on any atom is -0.385 e. The number of hydrogen-bond donors (Lipinski definition) is 3. The lowest BCUT2D eigenvalue weighted by atomic mass is 9.96. The second-order valence-electron chi connectivity index (χ2n) is 11.3. The highest BCUT2D eigenvalue weighted by atomic mass is 19.4. The molecule has 0 bridgehead atoms. The lowest BCUT2D eigenvalue weighted by molar-refractivity contribution is -0.137. The van der Waals surface area contributed by atoms with E-state index in [1.807, 2.05) is 16.8 Å². The average molecular weight is 602 g/mol. The molecule has 0 radical (unpaired) electrons. The number of nitrogens with one attached hydrogen (secondary N) is 3. The summed E-state index contributed by atoms with van der Waals surface area (Å²) in [6.07, 6.45) is 0.299. The van der Waals surface area contributed by atoms with Crippen molar-refractivity contribution in [1.29, 1.82) is 5.41 Å². The van der Waals surface area contributed by atoms with E-state index >= 15 is 0 Å². The fourth-order valence-electron chi connectivity index (χ4n) is 6.08. The van der Waals surface area contributed by atoms with Crippen LogP contribution < -0.4 is 20.4 Å². The van der Waals surface area contributed by atoms with Gasteiger partial charge in [0.25, 0.3) is 0 Å². The van der Waals surface area contributed by atoms with Gasteiger partial charge in [0.05, 0.1) is 29.7 Å². The third-order valence-corrected chi connectivity index (χ3v) is 8.52. The number of hydrogen-bond acceptors (Lipinski definition) is 6. The second-order valence-corrected chi connectivity index (χ2v) is 11.3. The summed E-state index contributed by atoms with van der Waals surface area (Å²) in [5.74, 6) is 0.103. The van der Waals surface area contributed by atoms with Gasteiger partial charge in [-0.1, -0.05) is 0 Å². The Morgan fingerprint density at radius 3 is 2.35 bits per heavy atom. The van der Waals surface area contributed by atoms with Crippen LogP contribution in [0.1, 0.15) is 31.7 Å². The molecule has 0 unspecified atom stereocenters. The zero-order valence-electron chi connectivity index (χ0n) is 24.9. The number of carbonyl (C=O) groups is 2. The van der Waals surface area contributed by atoms with Crippen LogP contribution in [0.5, 0.6) is 0 Å². The fraction of sp³-hybridized carbons (Fsp3) is 0.517. The summed E-state index contributed by atoms with van der Waals surface area (Å²) in [7, 11) is 5.03. The Morgan fingerprint density at radius 1 is 1.02 bits per heavy atom. The maximum atomic E-state index is 14.5. The molecule has 2 aromatic rings. The number of benzene rings is 1. The number of aromatic nitrogens is 2. The maximum absolute atomic E-state index is 14.5. The van der Waals surface area contributed by atoms with Gasteiger partial charge in [-0.15, -0.1) is 0 Å². The van der Waals surface area contributed by atoms with Crippen molar-refractivity contribution in [2.45, 2.75) is 38.4 Å². The van der Waals surface area contributed by atoms with Crippen LogP contribution in [0.2, 0.25) is 0 Å². The molecule has 4 heterocycles. The largest absolute Gasteiger partial charge is 0.417 e. The number of amidine groups is 1. The number of rotatable bonds is 4. The topological polar surface area (TPSA) is 113 Å². The van der Waals surface area contributed by atoms with Gasteiger partial charge in [0, 0.05) is 96.3 Å². The van der Waals surface area contributed by atoms with Gasteiger partial charge in [0.2, 0.25) is 5.91 Å². The quantitative estimate of drug-likeness (QED) is 0.367. The lowest BCUT2D eigenvalue weighted by Gasteiger charge is -2.41. The predicted octanol–water partition coefficient (Wildman–Crippen LogP) is 3.24. The SMILES string of the molecule is CNC(=O)N1CCC(NC2CCN(C(C)=O)CC2)=C(C(=N)N2CCN(C)c3cc(-c4cnn(C)c4)c(C(F)(F)F)cc32)C1. The molecule has 3 N–H and O–H groups in total. The van der Waals surface area contributed by atoms with Crippen LogP contribution in [-0.4, -0.2) is 96.8 Å². The van der Waals surface area contributed by atoms with Crippen LogP contribution >= 0.6 is 0 Å². The molecular formula is C29H38F3N9O2. The summed E-state index contributed by atoms with van der Waals surface area (Å²) in [6.45, 7) is 4.20. The Balaban J connectivity index is 1.53. The van der Waals surface area contributed by atoms with Gasteiger partial charge in [-0.2, -0.15) is 18.3 Å². The number of urea groups is 1. The number of fused-ring (bicyclic) bond motifs is 1. The van der Waals surface area contributed by atoms with E-state index in [0.717, 1.165) is 24.6 Å². The number of alkyl halides is 3. The first-order valence-electron chi connectivity index (χ1n) is 14.4. The van der Waals surface area contributed by atoms with E-state index in [4.69, 9.17) is 0 Å². The van der Waals surface area contributed by atoms with Crippen LogP contribution in [0.3, 0.4) is 0 Å². The third kappa shape index (κ3) is 6.13. The molecule has 0 saturated carbocycles. The molecule has 43 heavy (non-hydrogen) atoms. The van der Waals surface area contributed by atoms with Crippen molar-refractivity contribution < 1.29 is 22.8 Å². The standard InChI is InChI=1S/C29H38F3N9O2/c1-18(42)39-8-5-20(6-9-39)36-24-7-10-40(28(43)34-2)17-22(24)27(33)41-12-11-37(3)25-13-21(19-15-35-38(4)16-19)23(14-26(25)41)29(30,31)32/h13-16,20,33,36H,5-12,17H2,1-4H3,(H,34,43). The van der Waals surface area contributed by atoms with Crippen LogP contribution in [-0.2, 0) is 18.0 Å². The van der Waals surface area contributed by atoms with E-state index in [-0.39, 0.29) is 41.6 Å². The first-order valence-corrected chi connectivity index (χ1v) is 14.4. The molecule has 3 amide bonds. The second kappa shape index (κ2) is 11.8. The summed E-state index contributed by atoms with van der Waals surface area (Å²) in [6, 6.07) is 2.46. The summed E-state index contributed by atoms with van der Waals surface area (Å²) >= 11 is 0. The molecule has 3 aliphatic heterocycles. The molecule has 0 aliphatic carbocycles. The molecule has 1 aromatic carbocycles. The average Bonchev–Trinajstić information content (AvgIpc) is 3.42. The van der Waals surface area contributed by atoms with Gasteiger partial charge in [-0.05, 0) is 30.5 Å². The van der Waals surface area contributed by atoms with Crippen LogP contribution in [0.4, 0.5) is 29.3 Å². The van der Waals surface area contributed by atoms with Crippen LogP contribution in [0.15, 0.2) is 35.8 Å². The summed E-state index contributed by atoms with van der Waals surface area (Å²) in [5.41, 5.74) is 1.84. The Kier molecular flexibility index (Phi) is 8.30. The van der Waals surface area contributed by atoms with Gasteiger partial charge >= 0.3 is 12.2 Å². The van der Waals surface area contributed by atoms with Crippen molar-refractivity contribution in [3.8, 4) is 11.1 Å². The number of halogens is 3. The number of amides is 3. The molecule has 0 atom stereocenters. The van der Waals surface area contributed by atoms with E-state index in [2.05, 4.69) is 15.7 Å². The van der Waals surface area contributed by atoms with Crippen molar-refractivity contribution >= 4 is 29.1 Å². The molecule has 1 saturated heterocycles. The minimum atomic E-state index is -4.63. The number of anilines is 2. The fourth-order valence-corrected chi connectivity index (χ4v) is 6.08. The van der Waals surface area contributed by atoms with Crippen molar-refractivity contribution in [1.82, 2.24) is 30.2 Å². The summed E-state index contributed by atoms with van der Waals surface area (Å²) in [5, 5.41) is 19.6. The lowest BCUT2D eigenvalue weighted by Crippen LogP contribution is -2.50. The van der Waals surface area contributed by atoms with Gasteiger partial charge in [-0.3, -0.25) is 14.9 Å². The van der Waals surface area contributed by atoms with Crippen LogP contribution in [0.25, 0.3) is 11.1 Å². The Labute approximate surface area is 248 Å². The van der Waals surface area contributed by atoms with Gasteiger partial charge in [0.1, 0.15) is 5.84 Å². The molecule has 0 spiro atoms. The van der Waals surface area contributed by atoms with Crippen molar-refractivity contribution in [3.63, 3.8) is 0 Å². The van der Waals surface area contributed by atoms with Crippen molar-refractivity contribution in [2.75, 3.05) is 63.2 Å². The summed E-state index contributed by atoms with van der Waals surface area (Å²) in [4.78, 5) is 31.3. The molecule has 1 fully saturated rings. The summed E-state index contributed by atoms with van der Waals surface area (Å²) < 4.78 is 44.9. The van der Waals surface area contributed by atoms with Gasteiger partial charge < -0.3 is 30.2 Å². The molecular weight excluding hydrogens is 563 g/mol. The van der Waals surface area contributed by atoms with E-state index < -0.39 is 11.7 Å². The number of likely N-dealkylation sites (N-methyl/N-ethyl adjacent to an activating group) is 1. The number of likely N-dealkylation sites (tertiary alicyclic amines) is 1. The Hall–Kier alpha value is -4.23. The monoisotopic (exact) mass is 601 g/mol. The molecule has 5 rings (SSSR count). The number of carbonyl (C=O) groups excluding carboxylic acids is 2. The normalized spacial score (nSPS) is 18.1. The van der Waals surface area contributed by atoms with Crippen LogP contribution in [0, 0.1) is 5.41 Å². The first kappa shape index (κ1) is 30.2. The highest BCUT2D eigenvalue weighted by Gasteiger charge is 2.38. The number of nitrogens with zero attached hydrogens (tertiary/aromatic N) is 6. The maximum Gasteiger partial charge on any atom is 0.417 e. The highest BCUT2D eigenvalue weighted by molar-refractivity contribution is 6.11. The van der Waals surface area contributed by atoms with E-state index in [0.29, 0.717) is 56.0 Å². The van der Waals surface area contributed by atoms with E-state index in [9.17, 15) is 28.2 Å². The highest BCUT2D eigenvalue weighted by Crippen LogP contribution is 2.45. The number of piperidine rings is 1. The molecule has 11 nitrogen and oxygen atoms in total. The van der Waals surface area contributed by atoms with E-state index in [1.165, 1.54) is 16.9 Å². The third-order valence-electron chi connectivity index (χ3n) is 8.52. The smallest absolute Gasteiger partial charge is 0.385 e. The molecule has 14 heteroatoms. The zero-order chi connectivity index (χ0) is 31.1. The van der Waals surface area contributed by atoms with Crippen molar-refractivity contribution in [3.05, 3.63) is 41.4 Å². The Bertz CT molecular complexity index is 1440. The zero-order valence-corrected chi connectivity index (χ0v) is 24.9. The Morgan fingerprint density at radius 2 is 1.74 bits per heavy atom. The van der Waals surface area contributed by atoms with Crippen molar-refractivity contribution in [2.24, 2.45) is 7.05 Å². The molecule has 232 valence electrons. The molecule has 1 aromatic heterocycles.